The van der Waals surface area contributed by atoms with Gasteiger partial charge in [-0.3, -0.25) is 24.2 Å². The van der Waals surface area contributed by atoms with Gasteiger partial charge in [-0.05, 0) is 104 Å². The average molecular weight is 896 g/mol. The van der Waals surface area contributed by atoms with Gasteiger partial charge in [0, 0.05) is 80.6 Å². The Morgan fingerprint density at radius 2 is 1.56 bits per heavy atom. The second-order valence-corrected chi connectivity index (χ2v) is 17.5. The highest BCUT2D eigenvalue weighted by Gasteiger charge is 2.34. The van der Waals surface area contributed by atoms with Gasteiger partial charge in [-0.25, -0.2) is 4.68 Å². The highest BCUT2D eigenvalue weighted by molar-refractivity contribution is 6.13. The Hall–Kier alpha value is -6.64. The molecule has 1 atom stereocenters. The molecule has 5 heterocycles. The summed E-state index contributed by atoms with van der Waals surface area (Å²) in [6.45, 7) is 8.57. The normalized spacial score (nSPS) is 16.3. The molecule has 12 nitrogen and oxygen atoms in total. The first-order valence-corrected chi connectivity index (χ1v) is 22.7. The Kier molecular flexibility index (Phi) is 12.9. The molecule has 0 N–H and O–H groups in total. The third-order valence-electron chi connectivity index (χ3n) is 13.5. The molecule has 4 aromatic carbocycles. The molecule has 0 saturated carbocycles. The Morgan fingerprint density at radius 1 is 0.833 bits per heavy atom. The lowest BCUT2D eigenvalue weighted by Crippen LogP contribution is -2.43. The van der Waals surface area contributed by atoms with Crippen molar-refractivity contribution in [3.8, 4) is 17.0 Å². The number of halogens is 2. The number of carbonyl (C=O) groups excluding carboxylic acids is 3. The zero-order valence-corrected chi connectivity index (χ0v) is 37.9. The van der Waals surface area contributed by atoms with Crippen LogP contribution in [-0.2, 0) is 48.9 Å². The van der Waals surface area contributed by atoms with E-state index in [9.17, 15) is 18.4 Å². The lowest BCUT2D eigenvalue weighted by Gasteiger charge is -2.36. The molecule has 3 aliphatic heterocycles. The minimum Gasteiger partial charge on any atom is -0.492 e. The second kappa shape index (κ2) is 19.1. The van der Waals surface area contributed by atoms with Crippen LogP contribution in [0.2, 0.25) is 0 Å². The van der Waals surface area contributed by atoms with Crippen LogP contribution in [0, 0.1) is 13.8 Å². The number of nitrogens with zero attached hydrogens (tertiary/aromatic N) is 7. The van der Waals surface area contributed by atoms with Crippen molar-refractivity contribution >= 4 is 29.1 Å². The Labute approximate surface area is 383 Å². The van der Waals surface area contributed by atoms with E-state index in [1.54, 1.807) is 30.3 Å². The second-order valence-electron chi connectivity index (χ2n) is 17.5. The van der Waals surface area contributed by atoms with E-state index < -0.39 is 12.5 Å². The maximum atomic E-state index is 15.1. The summed E-state index contributed by atoms with van der Waals surface area (Å²) in [5.74, 6) is 0.197. The maximum Gasteiger partial charge on any atom is 0.333 e. The number of para-hydroxylation sites is 1. The first kappa shape index (κ1) is 44.6. The number of rotatable bonds is 12. The molecule has 1 fully saturated rings. The van der Waals surface area contributed by atoms with Crippen molar-refractivity contribution in [3.63, 3.8) is 0 Å². The van der Waals surface area contributed by atoms with E-state index in [0.717, 1.165) is 60.9 Å². The van der Waals surface area contributed by atoms with Crippen molar-refractivity contribution in [3.05, 3.63) is 154 Å². The van der Waals surface area contributed by atoms with Gasteiger partial charge in [-0.1, -0.05) is 54.6 Å². The molecule has 0 bridgehead atoms. The van der Waals surface area contributed by atoms with Gasteiger partial charge < -0.3 is 23.8 Å². The molecule has 14 heteroatoms. The molecule has 66 heavy (non-hydrogen) atoms. The molecule has 0 radical (unpaired) electrons. The molecule has 6 aromatic rings. The molecule has 9 rings (SSSR count). The van der Waals surface area contributed by atoms with Crippen LogP contribution in [0.3, 0.4) is 0 Å². The quantitative estimate of drug-likeness (QED) is 0.122. The molecular weight excluding hydrogens is 841 g/mol. The maximum absolute atomic E-state index is 15.1. The summed E-state index contributed by atoms with van der Waals surface area (Å²) in [6.07, 6.45) is 2.82. The number of morpholine rings is 1. The smallest absolute Gasteiger partial charge is 0.333 e. The third kappa shape index (κ3) is 8.99. The molecule has 2 aromatic heterocycles. The van der Waals surface area contributed by atoms with E-state index in [1.807, 2.05) is 76.9 Å². The highest BCUT2D eigenvalue weighted by atomic mass is 19.3. The van der Waals surface area contributed by atoms with Crippen LogP contribution in [-0.4, -0.2) is 98.8 Å². The number of fused-ring (bicyclic) bond motifs is 2. The fourth-order valence-electron chi connectivity index (χ4n) is 9.49. The van der Waals surface area contributed by atoms with Crippen molar-refractivity contribution in [2.45, 2.75) is 65.7 Å². The van der Waals surface area contributed by atoms with Crippen molar-refractivity contribution in [2.75, 3.05) is 50.9 Å². The monoisotopic (exact) mass is 895 g/mol. The standard InChI is InChI=1S/C52H55F2N7O5/c1-34-26-38-10-8-9-11-40(38)33-59(34)50(63)46-29-41-32-58(49(62)27-37-14-16-43(17-15-37)66-25-22-57-20-23-65-24-21-57)19-18-39(41)28-45(46)47-30-44(35(2)56(47)4)51(64)60(42-12-6-5-7-13-42)48-31-55-61(36(48)3)52(53)54/h5-17,28-31,34,52H,18-27,32-33H2,1-4H3/t34-/m1/s1. The van der Waals surface area contributed by atoms with Gasteiger partial charge in [-0.15, -0.1) is 0 Å². The van der Waals surface area contributed by atoms with Gasteiger partial charge in [0.1, 0.15) is 12.4 Å². The topological polar surface area (TPSA) is 105 Å². The van der Waals surface area contributed by atoms with Gasteiger partial charge in [-0.2, -0.15) is 13.9 Å². The fourth-order valence-corrected chi connectivity index (χ4v) is 9.49. The molecule has 3 aliphatic rings. The largest absolute Gasteiger partial charge is 0.492 e. The third-order valence-corrected chi connectivity index (χ3v) is 13.5. The lowest BCUT2D eigenvalue weighted by atomic mass is 9.89. The van der Waals surface area contributed by atoms with Crippen LogP contribution in [0.5, 0.6) is 5.75 Å². The van der Waals surface area contributed by atoms with Gasteiger partial charge >= 0.3 is 6.55 Å². The zero-order chi connectivity index (χ0) is 46.1. The van der Waals surface area contributed by atoms with E-state index in [1.165, 1.54) is 23.6 Å². The van der Waals surface area contributed by atoms with Crippen molar-refractivity contribution in [1.29, 1.82) is 0 Å². The summed E-state index contributed by atoms with van der Waals surface area (Å²) in [5.41, 5.74) is 8.81. The van der Waals surface area contributed by atoms with Crippen molar-refractivity contribution in [1.82, 2.24) is 29.0 Å². The predicted octanol–water partition coefficient (Wildman–Crippen LogP) is 8.30. The van der Waals surface area contributed by atoms with E-state index in [2.05, 4.69) is 35.1 Å². The van der Waals surface area contributed by atoms with Crippen LogP contribution in [0.25, 0.3) is 11.3 Å². The van der Waals surface area contributed by atoms with Crippen LogP contribution < -0.4 is 9.64 Å². The number of alkyl halides is 2. The van der Waals surface area contributed by atoms with E-state index >= 15 is 4.79 Å². The van der Waals surface area contributed by atoms with Crippen LogP contribution in [0.15, 0.2) is 103 Å². The average Bonchev–Trinajstić information content (AvgIpc) is 3.86. The van der Waals surface area contributed by atoms with Gasteiger partial charge in [0.05, 0.1) is 42.8 Å². The summed E-state index contributed by atoms with van der Waals surface area (Å²) in [7, 11) is 1.87. The summed E-state index contributed by atoms with van der Waals surface area (Å²) < 4.78 is 41.9. The lowest BCUT2D eigenvalue weighted by molar-refractivity contribution is -0.131. The number of benzene rings is 4. The molecule has 0 spiro atoms. The predicted molar refractivity (Wildman–Crippen MR) is 248 cm³/mol. The first-order chi connectivity index (χ1) is 31.9. The van der Waals surface area contributed by atoms with Crippen LogP contribution in [0.1, 0.15) is 73.4 Å². The minimum atomic E-state index is -2.88. The molecule has 342 valence electrons. The molecule has 0 unspecified atom stereocenters. The summed E-state index contributed by atoms with van der Waals surface area (Å²) in [6, 6.07) is 30.5. The number of aromatic nitrogens is 3. The van der Waals surface area contributed by atoms with Crippen molar-refractivity contribution in [2.24, 2.45) is 7.05 Å². The SMILES string of the molecule is Cc1c(N(C(=O)c2cc(-c3cc4c(cc3C(=O)N3Cc5ccccc5C[C@H]3C)CN(C(=O)Cc3ccc(OCCN5CCOCC5)cc3)CC4)n(C)c2C)c2ccccc2)cnn1C(F)F. The van der Waals surface area contributed by atoms with Crippen molar-refractivity contribution < 1.29 is 32.6 Å². The van der Waals surface area contributed by atoms with E-state index in [0.29, 0.717) is 77.5 Å². The van der Waals surface area contributed by atoms with Gasteiger partial charge in [0.15, 0.2) is 0 Å². The number of amides is 3. The summed E-state index contributed by atoms with van der Waals surface area (Å²) in [5, 5.41) is 3.92. The van der Waals surface area contributed by atoms with Gasteiger partial charge in [0.25, 0.3) is 11.8 Å². The number of anilines is 2. The summed E-state index contributed by atoms with van der Waals surface area (Å²) in [4.78, 5) is 51.4. The van der Waals surface area contributed by atoms with E-state index in [-0.39, 0.29) is 35.7 Å². The Morgan fingerprint density at radius 3 is 2.29 bits per heavy atom. The number of carbonyl (C=O) groups is 3. The Bertz CT molecular complexity index is 2750. The number of ether oxygens (including phenoxy) is 2. The Balaban J connectivity index is 1.02. The van der Waals surface area contributed by atoms with Crippen LogP contribution in [0.4, 0.5) is 20.2 Å². The number of hydrogen-bond acceptors (Lipinski definition) is 7. The fraction of sp³-hybridized carbons (Fsp3) is 0.346. The minimum absolute atomic E-state index is 0.00152. The highest BCUT2D eigenvalue weighted by Crippen LogP contribution is 2.38. The first-order valence-electron chi connectivity index (χ1n) is 22.7. The zero-order valence-electron chi connectivity index (χ0n) is 37.9. The summed E-state index contributed by atoms with van der Waals surface area (Å²) >= 11 is 0. The number of hydrogen-bond donors (Lipinski definition) is 0. The molecule has 0 aliphatic carbocycles. The molecular formula is C52H55F2N7O5. The molecule has 1 saturated heterocycles. The molecule has 3 amide bonds. The van der Waals surface area contributed by atoms with E-state index in [4.69, 9.17) is 9.47 Å². The van der Waals surface area contributed by atoms with Gasteiger partial charge in [0.2, 0.25) is 5.91 Å². The van der Waals surface area contributed by atoms with Crippen LogP contribution >= 0.6 is 0 Å².